The Morgan fingerprint density at radius 1 is 0.769 bits per heavy atom. The van der Waals surface area contributed by atoms with Crippen LogP contribution in [-0.4, -0.2) is 54.1 Å². The number of alkyl halides is 6. The first-order chi connectivity index (χ1) is 11.6. The number of hydrogen-bond acceptors (Lipinski definition) is 5. The highest BCUT2D eigenvalue weighted by Gasteiger charge is 2.42. The summed E-state index contributed by atoms with van der Waals surface area (Å²) in [6, 6.07) is 0. The summed E-state index contributed by atoms with van der Waals surface area (Å²) in [5, 5.41) is 19.4. The molecular formula is C15H24F6O5. The van der Waals surface area contributed by atoms with E-state index in [0.717, 1.165) is 14.2 Å². The molecule has 0 bridgehead atoms. The van der Waals surface area contributed by atoms with Crippen LogP contribution in [0.1, 0.15) is 51.4 Å². The zero-order chi connectivity index (χ0) is 20.6. The second-order valence-electron chi connectivity index (χ2n) is 6.13. The van der Waals surface area contributed by atoms with E-state index in [0.29, 0.717) is 0 Å². The Morgan fingerprint density at radius 3 is 1.31 bits per heavy atom. The van der Waals surface area contributed by atoms with Crippen molar-refractivity contribution in [1.82, 2.24) is 0 Å². The minimum absolute atomic E-state index is 0.0870. The number of aliphatic hydroxyl groups is 2. The van der Waals surface area contributed by atoms with Crippen LogP contribution >= 0.6 is 0 Å². The van der Waals surface area contributed by atoms with Crippen LogP contribution in [0.4, 0.5) is 26.3 Å². The number of hydrogen-bond donors (Lipinski definition) is 2. The first-order valence-electron chi connectivity index (χ1n) is 7.84. The lowest BCUT2D eigenvalue weighted by Crippen LogP contribution is -2.37. The fourth-order valence-corrected chi connectivity index (χ4v) is 2.40. The molecule has 0 spiro atoms. The molecule has 2 N–H and O–H groups in total. The number of carbonyl (C=O) groups is 1. The van der Waals surface area contributed by atoms with Crippen LogP contribution in [0, 0.1) is 0 Å². The number of Topliss-reactive ketones (excluding diaryl/α,β-unsaturated/α-hetero) is 1. The summed E-state index contributed by atoms with van der Waals surface area (Å²) in [5.74, 6) is -5.27. The molecular weight excluding hydrogens is 374 g/mol. The van der Waals surface area contributed by atoms with Gasteiger partial charge < -0.3 is 19.7 Å². The van der Waals surface area contributed by atoms with E-state index < -0.39 is 55.4 Å². The average molecular weight is 398 g/mol. The second-order valence-corrected chi connectivity index (χ2v) is 6.13. The van der Waals surface area contributed by atoms with E-state index in [4.69, 9.17) is 0 Å². The average Bonchev–Trinajstić information content (AvgIpc) is 2.43. The zero-order valence-electron chi connectivity index (χ0n) is 14.5. The highest BCUT2D eigenvalue weighted by atomic mass is 19.4. The van der Waals surface area contributed by atoms with Crippen molar-refractivity contribution in [2.75, 3.05) is 14.2 Å². The topological polar surface area (TPSA) is 76.0 Å². The monoisotopic (exact) mass is 398 g/mol. The lowest BCUT2D eigenvalue weighted by molar-refractivity contribution is -0.260. The SMILES string of the molecule is COC(O)(CCCC(=O)CCCC(O)(CC(F)(F)F)OC)CC(F)(F)F. The Bertz CT molecular complexity index is 401. The van der Waals surface area contributed by atoms with Crippen molar-refractivity contribution in [1.29, 1.82) is 0 Å². The van der Waals surface area contributed by atoms with Gasteiger partial charge in [0, 0.05) is 39.9 Å². The molecule has 0 aromatic rings. The standard InChI is InChI=1S/C15H24F6O5/c1-25-12(23,9-14(16,17)18)7-3-5-11(22)6-4-8-13(24,26-2)10-15(19,20)21/h23-24H,3-10H2,1-2H3. The van der Waals surface area contributed by atoms with Gasteiger partial charge >= 0.3 is 12.4 Å². The molecule has 2 unspecified atom stereocenters. The van der Waals surface area contributed by atoms with Gasteiger partial charge in [-0.25, -0.2) is 0 Å². The maximum atomic E-state index is 12.3. The number of ether oxygens (including phenoxy) is 2. The van der Waals surface area contributed by atoms with Crippen LogP contribution in [0.25, 0.3) is 0 Å². The minimum atomic E-state index is -4.64. The van der Waals surface area contributed by atoms with Gasteiger partial charge in [0.25, 0.3) is 0 Å². The highest BCUT2D eigenvalue weighted by Crippen LogP contribution is 2.32. The molecule has 0 fully saturated rings. The normalized spacial score (nSPS) is 17.6. The third-order valence-corrected chi connectivity index (χ3v) is 3.76. The quantitative estimate of drug-likeness (QED) is 0.389. The third-order valence-electron chi connectivity index (χ3n) is 3.76. The van der Waals surface area contributed by atoms with Gasteiger partial charge in [-0.3, -0.25) is 4.79 Å². The van der Waals surface area contributed by atoms with E-state index in [2.05, 4.69) is 9.47 Å². The smallest absolute Gasteiger partial charge is 0.365 e. The van der Waals surface area contributed by atoms with E-state index in [9.17, 15) is 41.4 Å². The molecule has 0 aliphatic carbocycles. The summed E-state index contributed by atoms with van der Waals surface area (Å²) < 4.78 is 82.9. The molecule has 0 heterocycles. The van der Waals surface area contributed by atoms with Gasteiger partial charge in [0.15, 0.2) is 11.6 Å². The van der Waals surface area contributed by atoms with Crippen molar-refractivity contribution in [3.05, 3.63) is 0 Å². The van der Waals surface area contributed by atoms with E-state index >= 15 is 0 Å². The first-order valence-corrected chi connectivity index (χ1v) is 7.84. The van der Waals surface area contributed by atoms with Crippen LogP contribution in [0.5, 0.6) is 0 Å². The fraction of sp³-hybridized carbons (Fsp3) is 0.933. The summed E-state index contributed by atoms with van der Waals surface area (Å²) in [6.07, 6.45) is -13.8. The Kier molecular flexibility index (Phi) is 9.52. The molecule has 0 saturated carbocycles. The van der Waals surface area contributed by atoms with Crippen LogP contribution < -0.4 is 0 Å². The molecule has 0 aliphatic heterocycles. The minimum Gasteiger partial charge on any atom is -0.365 e. The number of ketones is 1. The van der Waals surface area contributed by atoms with E-state index in [1.54, 1.807) is 0 Å². The Morgan fingerprint density at radius 2 is 1.08 bits per heavy atom. The van der Waals surface area contributed by atoms with Crippen LogP contribution in [-0.2, 0) is 14.3 Å². The highest BCUT2D eigenvalue weighted by molar-refractivity contribution is 5.78. The van der Waals surface area contributed by atoms with Gasteiger partial charge in [-0.05, 0) is 12.8 Å². The van der Waals surface area contributed by atoms with E-state index in [-0.39, 0.29) is 25.7 Å². The lowest BCUT2D eigenvalue weighted by atomic mass is 9.99. The van der Waals surface area contributed by atoms with Gasteiger partial charge in [0.1, 0.15) is 5.78 Å². The molecule has 0 amide bonds. The van der Waals surface area contributed by atoms with Crippen molar-refractivity contribution >= 4 is 5.78 Å². The predicted octanol–water partition coefficient (Wildman–Crippen LogP) is 3.47. The van der Waals surface area contributed by atoms with Crippen molar-refractivity contribution in [3.8, 4) is 0 Å². The molecule has 26 heavy (non-hydrogen) atoms. The molecule has 156 valence electrons. The summed E-state index contributed by atoms with van der Waals surface area (Å²) in [6.45, 7) is 0. The number of halogens is 6. The molecule has 0 radical (unpaired) electrons. The first kappa shape index (κ1) is 25.1. The zero-order valence-corrected chi connectivity index (χ0v) is 14.5. The molecule has 5 nitrogen and oxygen atoms in total. The van der Waals surface area contributed by atoms with Gasteiger partial charge in [0.2, 0.25) is 0 Å². The summed E-state index contributed by atoms with van der Waals surface area (Å²) in [4.78, 5) is 11.7. The van der Waals surface area contributed by atoms with Crippen LogP contribution in [0.2, 0.25) is 0 Å². The largest absolute Gasteiger partial charge is 0.394 e. The third kappa shape index (κ3) is 11.7. The molecule has 0 aliphatic rings. The van der Waals surface area contributed by atoms with Crippen molar-refractivity contribution in [3.63, 3.8) is 0 Å². The van der Waals surface area contributed by atoms with Crippen LogP contribution in [0.3, 0.4) is 0 Å². The summed E-state index contributed by atoms with van der Waals surface area (Å²) in [7, 11) is 1.83. The van der Waals surface area contributed by atoms with E-state index in [1.807, 2.05) is 0 Å². The fourth-order valence-electron chi connectivity index (χ4n) is 2.40. The molecule has 0 saturated heterocycles. The predicted molar refractivity (Wildman–Crippen MR) is 78.0 cm³/mol. The maximum Gasteiger partial charge on any atom is 0.394 e. The maximum absolute atomic E-state index is 12.3. The lowest BCUT2D eigenvalue weighted by Gasteiger charge is -2.27. The molecule has 2 atom stereocenters. The van der Waals surface area contributed by atoms with E-state index in [1.165, 1.54) is 0 Å². The van der Waals surface area contributed by atoms with Crippen molar-refractivity contribution in [2.45, 2.75) is 75.3 Å². The van der Waals surface area contributed by atoms with Crippen molar-refractivity contribution < 1.29 is 50.8 Å². The molecule has 0 aromatic heterocycles. The molecule has 0 rings (SSSR count). The summed E-state index contributed by atoms with van der Waals surface area (Å²) >= 11 is 0. The Balaban J connectivity index is 4.27. The van der Waals surface area contributed by atoms with Crippen LogP contribution in [0.15, 0.2) is 0 Å². The molecule has 0 aromatic carbocycles. The van der Waals surface area contributed by atoms with Gasteiger partial charge in [-0.15, -0.1) is 0 Å². The number of rotatable bonds is 12. The number of methoxy groups -OCH3 is 2. The number of carbonyl (C=O) groups excluding carboxylic acids is 1. The summed E-state index contributed by atoms with van der Waals surface area (Å²) in [5.41, 5.74) is 0. The van der Waals surface area contributed by atoms with Crippen molar-refractivity contribution in [2.24, 2.45) is 0 Å². The Labute approximate surface area is 147 Å². The Hall–Kier alpha value is -0.910. The molecule has 11 heteroatoms. The second kappa shape index (κ2) is 9.86. The van der Waals surface area contributed by atoms with Gasteiger partial charge in [-0.2, -0.15) is 26.3 Å². The van der Waals surface area contributed by atoms with Gasteiger partial charge in [0.05, 0.1) is 12.8 Å². The van der Waals surface area contributed by atoms with Gasteiger partial charge in [-0.1, -0.05) is 0 Å².